The fraction of sp³-hybridized carbons (Fsp3) is 0.400. The summed E-state index contributed by atoms with van der Waals surface area (Å²) in [6.07, 6.45) is 1.79. The smallest absolute Gasteiger partial charge is 0.254 e. The first-order valence-corrected chi connectivity index (χ1v) is 10.2. The first kappa shape index (κ1) is 20.9. The molecule has 1 aliphatic rings. The number of carbonyl (C=O) groups is 1. The molecule has 0 saturated carbocycles. The number of aromatic nitrogens is 1. The molecule has 0 radical (unpaired) electrons. The second-order valence-electron chi connectivity index (χ2n) is 7.02. The van der Waals surface area contributed by atoms with Gasteiger partial charge in [-0.1, -0.05) is 0 Å². The van der Waals surface area contributed by atoms with E-state index in [-0.39, 0.29) is 23.7 Å². The molecule has 4 N–H and O–H groups in total. The van der Waals surface area contributed by atoms with Crippen LogP contribution < -0.4 is 10.5 Å². The van der Waals surface area contributed by atoms with Crippen LogP contribution in [-0.4, -0.2) is 47.3 Å². The number of amides is 1. The Morgan fingerprint density at radius 3 is 2.69 bits per heavy atom. The van der Waals surface area contributed by atoms with Crippen LogP contribution in [0.3, 0.4) is 0 Å². The van der Waals surface area contributed by atoms with Gasteiger partial charge in [0.15, 0.2) is 0 Å². The van der Waals surface area contributed by atoms with Crippen LogP contribution in [-0.2, 0) is 4.74 Å². The van der Waals surface area contributed by atoms with E-state index in [0.717, 1.165) is 23.5 Å². The second kappa shape index (κ2) is 8.71. The monoisotopic (exact) mass is 415 g/mol. The largest absolute Gasteiger partial charge is 0.497 e. The van der Waals surface area contributed by atoms with Gasteiger partial charge in [-0.3, -0.25) is 15.6 Å². The molecule has 1 amide bonds. The van der Waals surface area contributed by atoms with Crippen molar-refractivity contribution < 1.29 is 14.3 Å². The molecule has 0 bridgehead atoms. The summed E-state index contributed by atoms with van der Waals surface area (Å²) in [6.45, 7) is 4.20. The highest BCUT2D eigenvalue weighted by atomic mass is 32.1. The molecule has 1 saturated heterocycles. The fourth-order valence-electron chi connectivity index (χ4n) is 3.19. The van der Waals surface area contributed by atoms with Crippen LogP contribution in [0.4, 0.5) is 0 Å². The fourth-order valence-corrected chi connectivity index (χ4v) is 4.13. The SMILES string of the molecule is COc1cc(C(=N)OC(=N)[C@H](C)N)cc(C(=O)N2CCC[C@@H]2c2nc(C)cs2)c1. The van der Waals surface area contributed by atoms with Crippen molar-refractivity contribution in [3.05, 3.63) is 45.4 Å². The first-order chi connectivity index (χ1) is 13.8. The highest BCUT2D eigenvalue weighted by Crippen LogP contribution is 2.35. The lowest BCUT2D eigenvalue weighted by molar-refractivity contribution is 0.0735. The predicted molar refractivity (Wildman–Crippen MR) is 112 cm³/mol. The zero-order chi connectivity index (χ0) is 21.1. The number of hydrogen-bond donors (Lipinski definition) is 3. The van der Waals surface area contributed by atoms with E-state index in [1.54, 1.807) is 36.5 Å². The van der Waals surface area contributed by atoms with Crippen LogP contribution in [0.1, 0.15) is 52.4 Å². The minimum absolute atomic E-state index is 0.0437. The molecule has 8 nitrogen and oxygen atoms in total. The number of methoxy groups -OCH3 is 1. The maximum Gasteiger partial charge on any atom is 0.254 e. The molecule has 0 spiro atoms. The number of ether oxygens (including phenoxy) is 2. The van der Waals surface area contributed by atoms with Crippen LogP contribution in [0.5, 0.6) is 5.75 Å². The number of hydrogen-bond acceptors (Lipinski definition) is 8. The summed E-state index contributed by atoms with van der Waals surface area (Å²) in [7, 11) is 1.50. The van der Waals surface area contributed by atoms with Crippen molar-refractivity contribution in [1.82, 2.24) is 9.88 Å². The molecular formula is C20H25N5O3S. The lowest BCUT2D eigenvalue weighted by Gasteiger charge is -2.23. The molecule has 29 heavy (non-hydrogen) atoms. The van der Waals surface area contributed by atoms with Crippen molar-refractivity contribution >= 4 is 29.0 Å². The maximum absolute atomic E-state index is 13.3. The minimum atomic E-state index is -0.630. The number of nitrogens with one attached hydrogen (secondary N) is 2. The van der Waals surface area contributed by atoms with Crippen molar-refractivity contribution in [2.75, 3.05) is 13.7 Å². The van der Waals surface area contributed by atoms with E-state index < -0.39 is 6.04 Å². The quantitative estimate of drug-likeness (QED) is 0.511. The third kappa shape index (κ3) is 4.63. The van der Waals surface area contributed by atoms with Crippen LogP contribution in [0.25, 0.3) is 0 Å². The number of carbonyl (C=O) groups excluding carboxylic acids is 1. The minimum Gasteiger partial charge on any atom is -0.497 e. The lowest BCUT2D eigenvalue weighted by Crippen LogP contribution is -2.31. The highest BCUT2D eigenvalue weighted by Gasteiger charge is 2.33. The Labute approximate surface area is 173 Å². The Kier molecular flexibility index (Phi) is 6.29. The van der Waals surface area contributed by atoms with Gasteiger partial charge in [0.1, 0.15) is 10.8 Å². The molecule has 1 aromatic heterocycles. The summed E-state index contributed by atoms with van der Waals surface area (Å²) in [5, 5.41) is 18.8. The summed E-state index contributed by atoms with van der Waals surface area (Å²) in [5.74, 6) is -0.179. The van der Waals surface area contributed by atoms with Gasteiger partial charge in [-0.25, -0.2) is 4.98 Å². The highest BCUT2D eigenvalue weighted by molar-refractivity contribution is 7.09. The summed E-state index contributed by atoms with van der Waals surface area (Å²) in [4.78, 5) is 19.7. The summed E-state index contributed by atoms with van der Waals surface area (Å²) in [6, 6.07) is 4.16. The van der Waals surface area contributed by atoms with E-state index in [4.69, 9.17) is 26.0 Å². The average molecular weight is 416 g/mol. The number of likely N-dealkylation sites (tertiary alicyclic amines) is 1. The summed E-state index contributed by atoms with van der Waals surface area (Å²) in [5.41, 5.74) is 7.32. The Bertz CT molecular complexity index is 940. The van der Waals surface area contributed by atoms with Gasteiger partial charge >= 0.3 is 0 Å². The van der Waals surface area contributed by atoms with Crippen molar-refractivity contribution in [1.29, 1.82) is 10.8 Å². The standard InChI is InChI=1S/C20H25N5O3S/c1-11-10-29-19(24-11)16-5-4-6-25(16)20(26)14-7-13(8-15(9-14)27-3)18(23)28-17(22)12(2)21/h7-10,12,16,22-23H,4-6,21H2,1-3H3/t12-,16+/m0/s1. The Hall–Kier alpha value is -2.78. The van der Waals surface area contributed by atoms with Gasteiger partial charge < -0.3 is 20.1 Å². The number of nitrogens with two attached hydrogens (primary N) is 1. The van der Waals surface area contributed by atoms with E-state index in [1.165, 1.54) is 7.11 Å². The summed E-state index contributed by atoms with van der Waals surface area (Å²) >= 11 is 1.57. The topological polar surface area (TPSA) is 125 Å². The molecule has 1 aliphatic heterocycles. The third-order valence-electron chi connectivity index (χ3n) is 4.71. The zero-order valence-corrected chi connectivity index (χ0v) is 17.5. The molecule has 0 aliphatic carbocycles. The number of aryl methyl sites for hydroxylation is 1. The third-order valence-corrected chi connectivity index (χ3v) is 5.78. The molecule has 2 aromatic rings. The van der Waals surface area contributed by atoms with Gasteiger partial charge in [-0.15, -0.1) is 11.3 Å². The summed E-state index contributed by atoms with van der Waals surface area (Å²) < 4.78 is 10.5. The Morgan fingerprint density at radius 2 is 2.07 bits per heavy atom. The molecule has 1 aromatic carbocycles. The molecule has 2 heterocycles. The molecule has 0 unspecified atom stereocenters. The normalized spacial score (nSPS) is 17.1. The maximum atomic E-state index is 13.3. The van der Waals surface area contributed by atoms with E-state index >= 15 is 0 Å². The van der Waals surface area contributed by atoms with Crippen molar-refractivity contribution in [2.45, 2.75) is 38.8 Å². The zero-order valence-electron chi connectivity index (χ0n) is 16.7. The van der Waals surface area contributed by atoms with Crippen molar-refractivity contribution in [2.24, 2.45) is 5.73 Å². The molecule has 9 heteroatoms. The van der Waals surface area contributed by atoms with Gasteiger partial charge in [-0.2, -0.15) is 0 Å². The van der Waals surface area contributed by atoms with Gasteiger partial charge in [-0.05, 0) is 44.9 Å². The van der Waals surface area contributed by atoms with Crippen molar-refractivity contribution in [3.8, 4) is 5.75 Å². The number of benzene rings is 1. The van der Waals surface area contributed by atoms with Gasteiger partial charge in [0.25, 0.3) is 5.91 Å². The lowest BCUT2D eigenvalue weighted by atomic mass is 10.1. The van der Waals surface area contributed by atoms with Crippen LogP contribution >= 0.6 is 11.3 Å². The molecule has 3 rings (SSSR count). The van der Waals surface area contributed by atoms with Gasteiger partial charge in [0.2, 0.25) is 11.8 Å². The van der Waals surface area contributed by atoms with E-state index in [0.29, 0.717) is 23.4 Å². The predicted octanol–water partition coefficient (Wildman–Crippen LogP) is 3.10. The average Bonchev–Trinajstić information content (AvgIpc) is 3.35. The van der Waals surface area contributed by atoms with Crippen LogP contribution in [0, 0.1) is 17.7 Å². The second-order valence-corrected chi connectivity index (χ2v) is 7.91. The molecule has 1 fully saturated rings. The molecular weight excluding hydrogens is 390 g/mol. The van der Waals surface area contributed by atoms with Crippen LogP contribution in [0.2, 0.25) is 0 Å². The van der Waals surface area contributed by atoms with Crippen molar-refractivity contribution in [3.63, 3.8) is 0 Å². The number of nitrogens with zero attached hydrogens (tertiary/aromatic N) is 2. The number of rotatable bonds is 5. The van der Waals surface area contributed by atoms with E-state index in [2.05, 4.69) is 4.98 Å². The van der Waals surface area contributed by atoms with E-state index in [1.807, 2.05) is 17.2 Å². The first-order valence-electron chi connectivity index (χ1n) is 9.33. The molecule has 154 valence electrons. The molecule has 2 atom stereocenters. The Morgan fingerprint density at radius 1 is 1.34 bits per heavy atom. The Balaban J connectivity index is 1.88. The number of thiazole rings is 1. The van der Waals surface area contributed by atoms with Gasteiger partial charge in [0, 0.05) is 28.7 Å². The van der Waals surface area contributed by atoms with Gasteiger partial charge in [0.05, 0.1) is 19.2 Å². The van der Waals surface area contributed by atoms with Crippen LogP contribution in [0.15, 0.2) is 23.6 Å². The van der Waals surface area contributed by atoms with E-state index in [9.17, 15) is 4.79 Å².